The topological polar surface area (TPSA) is 62.3 Å². The summed E-state index contributed by atoms with van der Waals surface area (Å²) in [7, 11) is -3.42. The highest BCUT2D eigenvalue weighted by atomic mass is 79.9. The number of hydrogen-bond acceptors (Lipinski definition) is 3. The number of aromatic nitrogens is 1. The lowest BCUT2D eigenvalue weighted by Gasteiger charge is -2.26. The SMILES string of the molecule is O=S(=O)(Nc1ccc(Br)nc1)N1CCCCC1. The first-order valence-corrected chi connectivity index (χ1v) is 7.71. The normalized spacial score (nSPS) is 17.9. The molecular weight excluding hydrogens is 306 g/mol. The van der Waals surface area contributed by atoms with Crippen molar-refractivity contribution in [3.05, 3.63) is 22.9 Å². The van der Waals surface area contributed by atoms with Crippen LogP contribution in [0.3, 0.4) is 0 Å². The smallest absolute Gasteiger partial charge is 0.269 e. The highest BCUT2D eigenvalue weighted by Gasteiger charge is 2.23. The molecule has 0 amide bonds. The van der Waals surface area contributed by atoms with Crippen molar-refractivity contribution in [2.45, 2.75) is 19.3 Å². The van der Waals surface area contributed by atoms with E-state index >= 15 is 0 Å². The lowest BCUT2D eigenvalue weighted by atomic mass is 10.2. The predicted octanol–water partition coefficient (Wildman–Crippen LogP) is 1.99. The predicted molar refractivity (Wildman–Crippen MR) is 69.9 cm³/mol. The second-order valence-electron chi connectivity index (χ2n) is 3.94. The zero-order valence-electron chi connectivity index (χ0n) is 9.26. The standard InChI is InChI=1S/C10H14BrN3O2S/c11-10-5-4-9(8-12-10)13-17(15,16)14-6-2-1-3-7-14/h4-5,8,13H,1-3,6-7H2. The second-order valence-corrected chi connectivity index (χ2v) is 6.42. The Kier molecular flexibility index (Phi) is 4.01. The molecule has 2 rings (SSSR count). The molecular formula is C10H14BrN3O2S. The molecule has 0 bridgehead atoms. The van der Waals surface area contributed by atoms with Crippen molar-refractivity contribution >= 4 is 31.8 Å². The summed E-state index contributed by atoms with van der Waals surface area (Å²) in [6, 6.07) is 3.38. The molecule has 1 aliphatic heterocycles. The average molecular weight is 320 g/mol. The Balaban J connectivity index is 2.08. The Morgan fingerprint density at radius 2 is 1.94 bits per heavy atom. The van der Waals surface area contributed by atoms with Crippen molar-refractivity contribution in [2.75, 3.05) is 17.8 Å². The zero-order chi connectivity index (χ0) is 12.3. The molecule has 0 saturated carbocycles. The Morgan fingerprint density at radius 1 is 1.24 bits per heavy atom. The van der Waals surface area contributed by atoms with Gasteiger partial charge in [-0.2, -0.15) is 12.7 Å². The van der Waals surface area contributed by atoms with Crippen LogP contribution in [0, 0.1) is 0 Å². The Bertz CT molecular complexity index is 469. The number of nitrogens with zero attached hydrogens (tertiary/aromatic N) is 2. The van der Waals surface area contributed by atoms with Crippen LogP contribution in [-0.2, 0) is 10.2 Å². The molecule has 94 valence electrons. The van der Waals surface area contributed by atoms with E-state index in [1.807, 2.05) is 0 Å². The third-order valence-corrected chi connectivity index (χ3v) is 4.64. The van der Waals surface area contributed by atoms with Crippen LogP contribution in [0.4, 0.5) is 5.69 Å². The van der Waals surface area contributed by atoms with E-state index in [4.69, 9.17) is 0 Å². The molecule has 1 saturated heterocycles. The highest BCUT2D eigenvalue weighted by molar-refractivity contribution is 9.10. The van der Waals surface area contributed by atoms with E-state index < -0.39 is 10.2 Å². The molecule has 0 spiro atoms. The van der Waals surface area contributed by atoms with Gasteiger partial charge in [0.05, 0.1) is 11.9 Å². The summed E-state index contributed by atoms with van der Waals surface area (Å²) in [5, 5.41) is 0. The molecule has 1 N–H and O–H groups in total. The maximum Gasteiger partial charge on any atom is 0.301 e. The quantitative estimate of drug-likeness (QED) is 0.867. The first-order valence-electron chi connectivity index (χ1n) is 5.47. The zero-order valence-corrected chi connectivity index (χ0v) is 11.7. The Hall–Kier alpha value is -0.660. The molecule has 0 aromatic carbocycles. The van der Waals surface area contributed by atoms with Gasteiger partial charge in [0.15, 0.2) is 0 Å². The minimum atomic E-state index is -3.42. The Labute approximate surface area is 110 Å². The van der Waals surface area contributed by atoms with Gasteiger partial charge in [-0.05, 0) is 40.9 Å². The van der Waals surface area contributed by atoms with Crippen LogP contribution in [0.1, 0.15) is 19.3 Å². The maximum absolute atomic E-state index is 12.0. The number of anilines is 1. The van der Waals surface area contributed by atoms with Crippen LogP contribution in [0.2, 0.25) is 0 Å². The lowest BCUT2D eigenvalue weighted by molar-refractivity contribution is 0.349. The van der Waals surface area contributed by atoms with Crippen LogP contribution >= 0.6 is 15.9 Å². The van der Waals surface area contributed by atoms with E-state index in [1.165, 1.54) is 10.5 Å². The molecule has 1 aliphatic rings. The molecule has 5 nitrogen and oxygen atoms in total. The van der Waals surface area contributed by atoms with Crippen LogP contribution in [0.25, 0.3) is 0 Å². The molecule has 1 aromatic rings. The summed E-state index contributed by atoms with van der Waals surface area (Å²) in [6.45, 7) is 1.19. The van der Waals surface area contributed by atoms with E-state index in [1.54, 1.807) is 12.1 Å². The van der Waals surface area contributed by atoms with Crippen molar-refractivity contribution in [3.63, 3.8) is 0 Å². The third-order valence-electron chi connectivity index (χ3n) is 2.63. The van der Waals surface area contributed by atoms with Gasteiger partial charge >= 0.3 is 10.2 Å². The minimum Gasteiger partial charge on any atom is -0.269 e. The molecule has 0 atom stereocenters. The first-order chi connectivity index (χ1) is 8.08. The molecule has 0 radical (unpaired) electrons. The fourth-order valence-electron chi connectivity index (χ4n) is 1.75. The van der Waals surface area contributed by atoms with E-state index in [0.717, 1.165) is 19.3 Å². The van der Waals surface area contributed by atoms with Crippen molar-refractivity contribution in [2.24, 2.45) is 0 Å². The van der Waals surface area contributed by atoms with Gasteiger partial charge in [-0.1, -0.05) is 6.42 Å². The van der Waals surface area contributed by atoms with Crippen LogP contribution in [-0.4, -0.2) is 30.8 Å². The third kappa shape index (κ3) is 3.40. The number of piperidine rings is 1. The van der Waals surface area contributed by atoms with Crippen LogP contribution in [0.15, 0.2) is 22.9 Å². The van der Waals surface area contributed by atoms with Crippen molar-refractivity contribution in [1.29, 1.82) is 0 Å². The summed E-state index contributed by atoms with van der Waals surface area (Å²) in [5.41, 5.74) is 0.485. The van der Waals surface area contributed by atoms with Crippen molar-refractivity contribution in [1.82, 2.24) is 9.29 Å². The van der Waals surface area contributed by atoms with Gasteiger partial charge in [0.1, 0.15) is 4.60 Å². The second kappa shape index (κ2) is 5.32. The fraction of sp³-hybridized carbons (Fsp3) is 0.500. The van der Waals surface area contributed by atoms with Gasteiger partial charge < -0.3 is 0 Å². The molecule has 0 unspecified atom stereocenters. The number of nitrogens with one attached hydrogen (secondary N) is 1. The number of hydrogen-bond donors (Lipinski definition) is 1. The maximum atomic E-state index is 12.0. The summed E-state index contributed by atoms with van der Waals surface area (Å²) < 4.78 is 28.7. The van der Waals surface area contributed by atoms with Crippen LogP contribution < -0.4 is 4.72 Å². The van der Waals surface area contributed by atoms with Gasteiger partial charge in [0.2, 0.25) is 0 Å². The van der Waals surface area contributed by atoms with E-state index in [-0.39, 0.29) is 0 Å². The first kappa shape index (κ1) is 12.8. The van der Waals surface area contributed by atoms with Crippen molar-refractivity contribution in [3.8, 4) is 0 Å². The molecule has 17 heavy (non-hydrogen) atoms. The summed E-state index contributed by atoms with van der Waals surface area (Å²) in [4.78, 5) is 3.98. The van der Waals surface area contributed by atoms with Crippen molar-refractivity contribution < 1.29 is 8.42 Å². The van der Waals surface area contributed by atoms with Gasteiger partial charge in [-0.25, -0.2) is 4.98 Å². The molecule has 1 aromatic heterocycles. The fourth-order valence-corrected chi connectivity index (χ4v) is 3.28. The minimum absolute atomic E-state index is 0.485. The largest absolute Gasteiger partial charge is 0.301 e. The molecule has 1 fully saturated rings. The van der Waals surface area contributed by atoms with Gasteiger partial charge in [-0.15, -0.1) is 0 Å². The van der Waals surface area contributed by atoms with E-state index in [9.17, 15) is 8.42 Å². The number of rotatable bonds is 3. The average Bonchev–Trinajstić information content (AvgIpc) is 2.33. The van der Waals surface area contributed by atoms with E-state index in [2.05, 4.69) is 25.6 Å². The summed E-state index contributed by atoms with van der Waals surface area (Å²) in [6.07, 6.45) is 4.45. The Morgan fingerprint density at radius 3 is 2.53 bits per heavy atom. The van der Waals surface area contributed by atoms with E-state index in [0.29, 0.717) is 23.4 Å². The van der Waals surface area contributed by atoms with Crippen LogP contribution in [0.5, 0.6) is 0 Å². The van der Waals surface area contributed by atoms with Gasteiger partial charge in [0.25, 0.3) is 0 Å². The lowest BCUT2D eigenvalue weighted by Crippen LogP contribution is -2.39. The molecule has 7 heteroatoms. The monoisotopic (exact) mass is 319 g/mol. The summed E-state index contributed by atoms with van der Waals surface area (Å²) >= 11 is 3.20. The summed E-state index contributed by atoms with van der Waals surface area (Å²) in [5.74, 6) is 0. The highest BCUT2D eigenvalue weighted by Crippen LogP contribution is 2.17. The molecule has 0 aliphatic carbocycles. The van der Waals surface area contributed by atoms with Gasteiger partial charge in [0, 0.05) is 13.1 Å². The number of halogens is 1. The molecule has 2 heterocycles. The van der Waals surface area contributed by atoms with Gasteiger partial charge in [-0.3, -0.25) is 4.72 Å². The number of pyridine rings is 1.